The average Bonchev–Trinajstić information content (AvgIpc) is 2.68. The van der Waals surface area contributed by atoms with Crippen LogP contribution in [0.1, 0.15) is 30.9 Å². The predicted molar refractivity (Wildman–Crippen MR) is 78.0 cm³/mol. The van der Waals surface area contributed by atoms with Crippen molar-refractivity contribution in [2.75, 3.05) is 5.75 Å². The van der Waals surface area contributed by atoms with E-state index < -0.39 is 0 Å². The number of hydrogen-bond donors (Lipinski definition) is 0. The molecule has 0 spiro atoms. The van der Waals surface area contributed by atoms with Crippen LogP contribution in [0.15, 0.2) is 36.4 Å². The third-order valence-electron chi connectivity index (χ3n) is 3.56. The predicted octanol–water partition coefficient (Wildman–Crippen LogP) is 4.62. The molecule has 0 nitrogen and oxygen atoms in total. The molecule has 0 bridgehead atoms. The third-order valence-corrected chi connectivity index (χ3v) is 4.82. The Morgan fingerprint density at radius 1 is 1.18 bits per heavy atom. The van der Waals surface area contributed by atoms with Crippen LogP contribution in [-0.2, 0) is 6.42 Å². The maximum atomic E-state index is 2.32. The SMILES string of the molecule is CC(C)SCC1Cc2cccc3cccc1c23. The molecule has 1 atom stereocenters. The van der Waals surface area contributed by atoms with Crippen molar-refractivity contribution >= 4 is 22.5 Å². The molecule has 0 fully saturated rings. The fourth-order valence-electron chi connectivity index (χ4n) is 2.79. The van der Waals surface area contributed by atoms with E-state index >= 15 is 0 Å². The second kappa shape index (κ2) is 4.38. The van der Waals surface area contributed by atoms with E-state index in [-0.39, 0.29) is 0 Å². The summed E-state index contributed by atoms with van der Waals surface area (Å²) >= 11 is 2.08. The number of benzene rings is 2. The normalized spacial score (nSPS) is 18.2. The molecule has 1 heteroatoms. The Hall–Kier alpha value is -0.950. The van der Waals surface area contributed by atoms with Gasteiger partial charge in [0.15, 0.2) is 0 Å². The molecule has 1 unspecified atom stereocenters. The molecule has 2 aromatic rings. The molecule has 0 aromatic heterocycles. The Kier molecular flexibility index (Phi) is 2.87. The highest BCUT2D eigenvalue weighted by molar-refractivity contribution is 7.99. The quantitative estimate of drug-likeness (QED) is 0.756. The second-order valence-electron chi connectivity index (χ2n) is 5.15. The van der Waals surface area contributed by atoms with E-state index in [0.29, 0.717) is 0 Å². The number of rotatable bonds is 3. The summed E-state index contributed by atoms with van der Waals surface area (Å²) in [5.74, 6) is 1.98. The maximum Gasteiger partial charge on any atom is 0.000748 e. The van der Waals surface area contributed by atoms with E-state index in [9.17, 15) is 0 Å². The topological polar surface area (TPSA) is 0 Å². The highest BCUT2D eigenvalue weighted by Gasteiger charge is 2.23. The lowest BCUT2D eigenvalue weighted by molar-refractivity contribution is 0.808. The Labute approximate surface area is 107 Å². The first-order valence-electron chi connectivity index (χ1n) is 6.38. The number of hydrogen-bond acceptors (Lipinski definition) is 1. The van der Waals surface area contributed by atoms with Gasteiger partial charge in [-0.2, -0.15) is 11.8 Å². The lowest BCUT2D eigenvalue weighted by Crippen LogP contribution is -2.02. The van der Waals surface area contributed by atoms with Gasteiger partial charge >= 0.3 is 0 Å². The highest BCUT2D eigenvalue weighted by Crippen LogP contribution is 2.40. The van der Waals surface area contributed by atoms with Gasteiger partial charge in [-0.25, -0.2) is 0 Å². The molecule has 1 aliphatic rings. The van der Waals surface area contributed by atoms with Gasteiger partial charge in [0.1, 0.15) is 0 Å². The lowest BCUT2D eigenvalue weighted by Gasteiger charge is -2.12. The van der Waals surface area contributed by atoms with Crippen molar-refractivity contribution in [3.8, 4) is 0 Å². The Bertz CT molecular complexity index is 537. The van der Waals surface area contributed by atoms with Gasteiger partial charge in [0.05, 0.1) is 0 Å². The van der Waals surface area contributed by atoms with Crippen molar-refractivity contribution in [3.05, 3.63) is 47.5 Å². The minimum atomic E-state index is 0.725. The largest absolute Gasteiger partial charge is 0.159 e. The molecular weight excluding hydrogens is 224 g/mol. The molecule has 1 aliphatic carbocycles. The number of thioether (sulfide) groups is 1. The van der Waals surface area contributed by atoms with Gasteiger partial charge in [0, 0.05) is 5.75 Å². The van der Waals surface area contributed by atoms with Crippen molar-refractivity contribution in [2.24, 2.45) is 0 Å². The molecule has 0 amide bonds. The van der Waals surface area contributed by atoms with E-state index in [2.05, 4.69) is 62.0 Å². The van der Waals surface area contributed by atoms with Crippen LogP contribution in [0, 0.1) is 0 Å². The van der Waals surface area contributed by atoms with E-state index in [1.807, 2.05) is 0 Å². The lowest BCUT2D eigenvalue weighted by atomic mass is 10.0. The molecule has 2 aromatic carbocycles. The summed E-state index contributed by atoms with van der Waals surface area (Å²) in [6, 6.07) is 13.5. The molecule has 17 heavy (non-hydrogen) atoms. The maximum absolute atomic E-state index is 2.32. The fourth-order valence-corrected chi connectivity index (χ4v) is 3.71. The van der Waals surface area contributed by atoms with Gasteiger partial charge < -0.3 is 0 Å². The molecule has 0 N–H and O–H groups in total. The Balaban J connectivity index is 1.98. The van der Waals surface area contributed by atoms with Gasteiger partial charge in [-0.05, 0) is 39.5 Å². The van der Waals surface area contributed by atoms with Crippen LogP contribution in [0.3, 0.4) is 0 Å². The van der Waals surface area contributed by atoms with E-state index in [4.69, 9.17) is 0 Å². The van der Waals surface area contributed by atoms with Crippen molar-refractivity contribution in [3.63, 3.8) is 0 Å². The summed E-state index contributed by atoms with van der Waals surface area (Å²) in [6.45, 7) is 4.57. The molecule has 0 saturated carbocycles. The summed E-state index contributed by atoms with van der Waals surface area (Å²) in [4.78, 5) is 0. The van der Waals surface area contributed by atoms with Crippen molar-refractivity contribution in [1.82, 2.24) is 0 Å². The smallest absolute Gasteiger partial charge is 0.000748 e. The minimum Gasteiger partial charge on any atom is -0.159 e. The van der Waals surface area contributed by atoms with Crippen molar-refractivity contribution < 1.29 is 0 Å². The zero-order valence-electron chi connectivity index (χ0n) is 10.4. The van der Waals surface area contributed by atoms with Crippen LogP contribution >= 0.6 is 11.8 Å². The molecule has 0 heterocycles. The minimum absolute atomic E-state index is 0.725. The van der Waals surface area contributed by atoms with Gasteiger partial charge in [-0.3, -0.25) is 0 Å². The first-order chi connectivity index (χ1) is 8.25. The summed E-state index contributed by atoms with van der Waals surface area (Å²) in [7, 11) is 0. The molecule has 88 valence electrons. The summed E-state index contributed by atoms with van der Waals surface area (Å²) in [5, 5.41) is 3.68. The van der Waals surface area contributed by atoms with Crippen LogP contribution in [-0.4, -0.2) is 11.0 Å². The monoisotopic (exact) mass is 242 g/mol. The van der Waals surface area contributed by atoms with Gasteiger partial charge in [0.25, 0.3) is 0 Å². The van der Waals surface area contributed by atoms with E-state index in [0.717, 1.165) is 11.2 Å². The molecule has 0 aliphatic heterocycles. The molecule has 3 rings (SSSR count). The first-order valence-corrected chi connectivity index (χ1v) is 7.42. The zero-order chi connectivity index (χ0) is 11.8. The molecular formula is C16H18S. The van der Waals surface area contributed by atoms with Crippen LogP contribution in [0.5, 0.6) is 0 Å². The van der Waals surface area contributed by atoms with Gasteiger partial charge in [0.2, 0.25) is 0 Å². The Morgan fingerprint density at radius 3 is 2.71 bits per heavy atom. The summed E-state index contributed by atoms with van der Waals surface area (Å²) in [5.41, 5.74) is 3.12. The van der Waals surface area contributed by atoms with E-state index in [1.54, 1.807) is 11.1 Å². The van der Waals surface area contributed by atoms with Crippen LogP contribution < -0.4 is 0 Å². The summed E-state index contributed by atoms with van der Waals surface area (Å²) in [6.07, 6.45) is 1.23. The van der Waals surface area contributed by atoms with E-state index in [1.165, 1.54) is 22.9 Å². The Morgan fingerprint density at radius 2 is 1.94 bits per heavy atom. The summed E-state index contributed by atoms with van der Waals surface area (Å²) < 4.78 is 0. The van der Waals surface area contributed by atoms with Crippen molar-refractivity contribution in [1.29, 1.82) is 0 Å². The zero-order valence-corrected chi connectivity index (χ0v) is 11.3. The van der Waals surface area contributed by atoms with Gasteiger partial charge in [-0.1, -0.05) is 50.2 Å². The third kappa shape index (κ3) is 1.97. The van der Waals surface area contributed by atoms with Gasteiger partial charge in [-0.15, -0.1) is 0 Å². The van der Waals surface area contributed by atoms with Crippen LogP contribution in [0.25, 0.3) is 10.8 Å². The standard InChI is InChI=1S/C16H18S/c1-11(2)17-10-14-9-13-7-3-5-12-6-4-8-15(14)16(12)13/h3-8,11,14H,9-10H2,1-2H3. The second-order valence-corrected chi connectivity index (χ2v) is 6.76. The first kappa shape index (κ1) is 11.2. The van der Waals surface area contributed by atoms with Crippen LogP contribution in [0.4, 0.5) is 0 Å². The average molecular weight is 242 g/mol. The fraction of sp³-hybridized carbons (Fsp3) is 0.375. The van der Waals surface area contributed by atoms with Crippen molar-refractivity contribution in [2.45, 2.75) is 31.4 Å². The highest BCUT2D eigenvalue weighted by atomic mass is 32.2. The van der Waals surface area contributed by atoms with Crippen LogP contribution in [0.2, 0.25) is 0 Å². The molecule has 0 radical (unpaired) electrons. The molecule has 0 saturated heterocycles.